The monoisotopic (exact) mass is 401 g/mol. The molecule has 0 aromatic heterocycles. The highest BCUT2D eigenvalue weighted by atomic mass is 79.9. The number of hydrogen-bond donors (Lipinski definition) is 1. The van der Waals surface area contributed by atoms with Crippen LogP contribution in [-0.4, -0.2) is 24.3 Å². The molecule has 1 atom stereocenters. The van der Waals surface area contributed by atoms with E-state index in [1.54, 1.807) is 25.1 Å². The zero-order valence-corrected chi connectivity index (χ0v) is 15.1. The number of amides is 1. The first-order valence-electron chi connectivity index (χ1n) is 7.82. The molecule has 0 aliphatic carbocycles. The fourth-order valence-corrected chi connectivity index (χ4v) is 2.90. The number of carbonyl (C=O) groups is 3. The molecule has 1 aliphatic heterocycles. The zero-order chi connectivity index (χ0) is 18.0. The van der Waals surface area contributed by atoms with Crippen LogP contribution in [0.3, 0.4) is 0 Å². The largest absolute Gasteiger partial charge is 0.457 e. The normalized spacial score (nSPS) is 15.4. The molecule has 128 valence electrons. The van der Waals surface area contributed by atoms with E-state index in [4.69, 9.17) is 4.74 Å². The van der Waals surface area contributed by atoms with Crippen molar-refractivity contribution in [2.75, 3.05) is 11.9 Å². The van der Waals surface area contributed by atoms with Gasteiger partial charge in [0.1, 0.15) is 0 Å². The molecule has 0 unspecified atom stereocenters. The highest BCUT2D eigenvalue weighted by Gasteiger charge is 2.27. The molecule has 0 radical (unpaired) electrons. The molecule has 1 heterocycles. The lowest BCUT2D eigenvalue weighted by molar-refractivity contribution is -0.141. The van der Waals surface area contributed by atoms with Crippen LogP contribution in [0.2, 0.25) is 0 Å². The summed E-state index contributed by atoms with van der Waals surface area (Å²) in [5.41, 5.74) is 2.76. The zero-order valence-electron chi connectivity index (χ0n) is 13.5. The first-order chi connectivity index (χ1) is 11.9. The first-order valence-corrected chi connectivity index (χ1v) is 8.61. The fourth-order valence-electron chi connectivity index (χ4n) is 2.64. The summed E-state index contributed by atoms with van der Waals surface area (Å²) in [7, 11) is 0. The molecule has 1 N–H and O–H groups in total. The van der Waals surface area contributed by atoms with Crippen molar-refractivity contribution in [1.82, 2.24) is 0 Å². The summed E-state index contributed by atoms with van der Waals surface area (Å²) in [4.78, 5) is 35.8. The van der Waals surface area contributed by atoms with Gasteiger partial charge in [0.25, 0.3) is 0 Å². The van der Waals surface area contributed by atoms with Crippen molar-refractivity contribution in [2.45, 2.75) is 19.3 Å². The number of benzene rings is 2. The second kappa shape index (κ2) is 7.19. The van der Waals surface area contributed by atoms with Gasteiger partial charge in [0, 0.05) is 15.7 Å². The lowest BCUT2D eigenvalue weighted by Gasteiger charge is -2.07. The van der Waals surface area contributed by atoms with Gasteiger partial charge in [-0.05, 0) is 48.4 Å². The predicted molar refractivity (Wildman–Crippen MR) is 96.6 cm³/mol. The average Bonchev–Trinajstić information content (AvgIpc) is 2.89. The summed E-state index contributed by atoms with van der Waals surface area (Å²) >= 11 is 3.33. The molecule has 0 fully saturated rings. The van der Waals surface area contributed by atoms with Gasteiger partial charge in [-0.3, -0.25) is 14.4 Å². The van der Waals surface area contributed by atoms with Crippen molar-refractivity contribution < 1.29 is 19.1 Å². The van der Waals surface area contributed by atoms with Gasteiger partial charge < -0.3 is 10.1 Å². The standard InChI is InChI=1S/C19H16BrNO4/c1-11-15-9-13(4-7-16(15)21-19(11)24)17(22)10-25-18(23)8-12-2-5-14(20)6-3-12/h2-7,9,11H,8,10H2,1H3,(H,21,24)/t11-/m1/s1. The Balaban J connectivity index is 1.59. The lowest BCUT2D eigenvalue weighted by Crippen LogP contribution is -2.16. The number of rotatable bonds is 5. The number of ketones is 1. The Morgan fingerprint density at radius 1 is 1.16 bits per heavy atom. The third kappa shape index (κ3) is 3.96. The molecule has 3 rings (SSSR count). The van der Waals surface area contributed by atoms with Crippen LogP contribution in [0.15, 0.2) is 46.9 Å². The van der Waals surface area contributed by atoms with Crippen molar-refractivity contribution in [3.63, 3.8) is 0 Å². The van der Waals surface area contributed by atoms with Crippen molar-refractivity contribution in [1.29, 1.82) is 0 Å². The Morgan fingerprint density at radius 2 is 1.88 bits per heavy atom. The van der Waals surface area contributed by atoms with Crippen molar-refractivity contribution in [3.8, 4) is 0 Å². The highest BCUT2D eigenvalue weighted by molar-refractivity contribution is 9.10. The second-order valence-corrected chi connectivity index (χ2v) is 6.82. The number of Topliss-reactive ketones (excluding diaryl/α,β-unsaturated/α-hetero) is 1. The maximum Gasteiger partial charge on any atom is 0.310 e. The highest BCUT2D eigenvalue weighted by Crippen LogP contribution is 2.32. The van der Waals surface area contributed by atoms with Gasteiger partial charge in [-0.25, -0.2) is 0 Å². The van der Waals surface area contributed by atoms with Crippen molar-refractivity contribution in [3.05, 3.63) is 63.6 Å². The lowest BCUT2D eigenvalue weighted by atomic mass is 9.99. The van der Waals surface area contributed by atoms with E-state index in [1.165, 1.54) is 0 Å². The van der Waals surface area contributed by atoms with Crippen LogP contribution < -0.4 is 5.32 Å². The SMILES string of the molecule is C[C@H]1C(=O)Nc2ccc(C(=O)COC(=O)Cc3ccc(Br)cc3)cc21. The van der Waals surface area contributed by atoms with E-state index in [-0.39, 0.29) is 30.6 Å². The Labute approximate surface area is 153 Å². The molecule has 2 aromatic rings. The van der Waals surface area contributed by atoms with Crippen molar-refractivity contribution >= 4 is 39.3 Å². The minimum absolute atomic E-state index is 0.0828. The Hall–Kier alpha value is -2.47. The number of hydrogen-bond acceptors (Lipinski definition) is 4. The third-order valence-electron chi connectivity index (χ3n) is 4.12. The smallest absolute Gasteiger partial charge is 0.310 e. The summed E-state index contributed by atoms with van der Waals surface area (Å²) in [6.07, 6.45) is 0.111. The fraction of sp³-hybridized carbons (Fsp3) is 0.211. The first kappa shape index (κ1) is 17.4. The van der Waals surface area contributed by atoms with E-state index in [0.717, 1.165) is 21.3 Å². The molecule has 0 saturated heterocycles. The van der Waals surface area contributed by atoms with Gasteiger partial charge in [-0.1, -0.05) is 28.1 Å². The van der Waals surface area contributed by atoms with Crippen LogP contribution in [0.5, 0.6) is 0 Å². The maximum atomic E-state index is 12.2. The molecule has 5 nitrogen and oxygen atoms in total. The minimum atomic E-state index is -0.456. The molecular formula is C19H16BrNO4. The molecule has 0 saturated carbocycles. The van der Waals surface area contributed by atoms with E-state index in [9.17, 15) is 14.4 Å². The molecule has 6 heteroatoms. The van der Waals surface area contributed by atoms with E-state index in [2.05, 4.69) is 21.2 Å². The summed E-state index contributed by atoms with van der Waals surface area (Å²) in [6.45, 7) is 1.47. The third-order valence-corrected chi connectivity index (χ3v) is 4.65. The van der Waals surface area contributed by atoms with Crippen molar-refractivity contribution in [2.24, 2.45) is 0 Å². The van der Waals surface area contributed by atoms with Gasteiger partial charge in [0.05, 0.1) is 12.3 Å². The number of ether oxygens (including phenoxy) is 1. The summed E-state index contributed by atoms with van der Waals surface area (Å²) in [5, 5.41) is 2.76. The molecular weight excluding hydrogens is 386 g/mol. The average molecular weight is 402 g/mol. The van der Waals surface area contributed by atoms with Gasteiger partial charge in [-0.15, -0.1) is 0 Å². The van der Waals surface area contributed by atoms with Gasteiger partial charge in [0.2, 0.25) is 5.91 Å². The van der Waals surface area contributed by atoms with E-state index in [1.807, 2.05) is 24.3 Å². The second-order valence-electron chi connectivity index (χ2n) is 5.90. The van der Waals surface area contributed by atoms with Crippen LogP contribution >= 0.6 is 15.9 Å². The maximum absolute atomic E-state index is 12.2. The van der Waals surface area contributed by atoms with Crippen LogP contribution in [0.1, 0.15) is 34.3 Å². The summed E-state index contributed by atoms with van der Waals surface area (Å²) < 4.78 is 6.01. The number of fused-ring (bicyclic) bond motifs is 1. The number of anilines is 1. The quantitative estimate of drug-likeness (QED) is 0.614. The Morgan fingerprint density at radius 3 is 2.60 bits per heavy atom. The topological polar surface area (TPSA) is 72.5 Å². The number of halogens is 1. The minimum Gasteiger partial charge on any atom is -0.457 e. The molecule has 2 aromatic carbocycles. The van der Waals surface area contributed by atoms with E-state index >= 15 is 0 Å². The molecule has 0 bridgehead atoms. The van der Waals surface area contributed by atoms with Gasteiger partial charge in [-0.2, -0.15) is 0 Å². The van der Waals surface area contributed by atoms with Crippen LogP contribution in [0.4, 0.5) is 5.69 Å². The van der Waals surface area contributed by atoms with E-state index in [0.29, 0.717) is 5.56 Å². The Kier molecular flexibility index (Phi) is 4.99. The molecule has 0 spiro atoms. The summed E-state index contributed by atoms with van der Waals surface area (Å²) in [5.74, 6) is -1.12. The number of carbonyl (C=O) groups excluding carboxylic acids is 3. The number of esters is 1. The molecule has 1 amide bonds. The van der Waals surface area contributed by atoms with Crippen LogP contribution in [0, 0.1) is 0 Å². The van der Waals surface area contributed by atoms with Crippen LogP contribution in [-0.2, 0) is 20.7 Å². The van der Waals surface area contributed by atoms with Gasteiger partial charge in [0.15, 0.2) is 12.4 Å². The molecule has 1 aliphatic rings. The number of nitrogens with one attached hydrogen (secondary N) is 1. The predicted octanol–water partition coefficient (Wildman–Crippen LogP) is 3.47. The van der Waals surface area contributed by atoms with Gasteiger partial charge >= 0.3 is 5.97 Å². The summed E-state index contributed by atoms with van der Waals surface area (Å²) in [6, 6.07) is 12.3. The molecule has 25 heavy (non-hydrogen) atoms. The Bertz CT molecular complexity index is 845. The van der Waals surface area contributed by atoms with E-state index < -0.39 is 5.97 Å². The van der Waals surface area contributed by atoms with Crippen LogP contribution in [0.25, 0.3) is 0 Å².